The number of hydrogen-bond acceptors (Lipinski definition) is 4. The molecule has 0 unspecified atom stereocenters. The second-order valence-electron chi connectivity index (χ2n) is 4.98. The maximum Gasteiger partial charge on any atom is 0.243 e. The molecule has 7 heteroatoms. The zero-order valence-electron chi connectivity index (χ0n) is 11.6. The third-order valence-corrected chi connectivity index (χ3v) is 6.37. The van der Waals surface area contributed by atoms with Gasteiger partial charge in [0.2, 0.25) is 10.0 Å². The van der Waals surface area contributed by atoms with Gasteiger partial charge in [-0.1, -0.05) is 0 Å². The standard InChI is InChI=1S/C13H19BrN2O3S/c1-9-7-11(14)12(15)8-13(9)20(17,18)16-5-3-10(19-2)4-6-16/h7-8,10H,3-6,15H2,1-2H3. The van der Waals surface area contributed by atoms with Crippen LogP contribution in [0.3, 0.4) is 0 Å². The van der Waals surface area contributed by atoms with Gasteiger partial charge in [0.1, 0.15) is 0 Å². The summed E-state index contributed by atoms with van der Waals surface area (Å²) >= 11 is 3.31. The molecule has 2 N–H and O–H groups in total. The Hall–Kier alpha value is -0.630. The van der Waals surface area contributed by atoms with Gasteiger partial charge >= 0.3 is 0 Å². The first-order chi connectivity index (χ1) is 9.36. The van der Waals surface area contributed by atoms with Crippen molar-refractivity contribution in [1.29, 1.82) is 0 Å². The molecule has 0 aliphatic carbocycles. The summed E-state index contributed by atoms with van der Waals surface area (Å²) in [5.74, 6) is 0. The smallest absolute Gasteiger partial charge is 0.243 e. The van der Waals surface area contributed by atoms with Crippen LogP contribution in [0.4, 0.5) is 5.69 Å². The predicted octanol–water partition coefficient (Wildman–Crippen LogP) is 2.14. The van der Waals surface area contributed by atoms with Crippen molar-refractivity contribution in [2.75, 3.05) is 25.9 Å². The lowest BCUT2D eigenvalue weighted by Gasteiger charge is -2.30. The predicted molar refractivity (Wildman–Crippen MR) is 82.1 cm³/mol. The summed E-state index contributed by atoms with van der Waals surface area (Å²) in [6.45, 7) is 2.74. The molecule has 1 aliphatic heterocycles. The van der Waals surface area contributed by atoms with Crippen LogP contribution in [0.25, 0.3) is 0 Å². The van der Waals surface area contributed by atoms with Gasteiger partial charge in [0.15, 0.2) is 0 Å². The first-order valence-corrected chi connectivity index (χ1v) is 8.68. The van der Waals surface area contributed by atoms with Gasteiger partial charge in [0.05, 0.1) is 11.0 Å². The Morgan fingerprint density at radius 3 is 2.50 bits per heavy atom. The highest BCUT2D eigenvalue weighted by Crippen LogP contribution is 2.30. The largest absolute Gasteiger partial charge is 0.398 e. The zero-order chi connectivity index (χ0) is 14.9. The van der Waals surface area contributed by atoms with E-state index in [2.05, 4.69) is 15.9 Å². The number of aryl methyl sites for hydroxylation is 1. The van der Waals surface area contributed by atoms with Crippen LogP contribution in [-0.2, 0) is 14.8 Å². The molecule has 0 bridgehead atoms. The van der Waals surface area contributed by atoms with Crippen LogP contribution in [-0.4, -0.2) is 39.0 Å². The molecule has 2 rings (SSSR count). The fourth-order valence-electron chi connectivity index (χ4n) is 2.39. The van der Waals surface area contributed by atoms with E-state index in [4.69, 9.17) is 10.5 Å². The molecule has 1 aliphatic rings. The van der Waals surface area contributed by atoms with Crippen molar-refractivity contribution >= 4 is 31.6 Å². The number of piperidine rings is 1. The second kappa shape index (κ2) is 6.01. The van der Waals surface area contributed by atoms with Crippen molar-refractivity contribution in [1.82, 2.24) is 4.31 Å². The van der Waals surface area contributed by atoms with Gasteiger partial charge in [-0.3, -0.25) is 0 Å². The summed E-state index contributed by atoms with van der Waals surface area (Å²) in [7, 11) is -1.83. The van der Waals surface area contributed by atoms with E-state index in [1.807, 2.05) is 0 Å². The summed E-state index contributed by atoms with van der Waals surface area (Å²) in [6.07, 6.45) is 1.60. The van der Waals surface area contributed by atoms with Gasteiger partial charge < -0.3 is 10.5 Å². The maximum absolute atomic E-state index is 12.7. The number of halogens is 1. The summed E-state index contributed by atoms with van der Waals surface area (Å²) in [4.78, 5) is 0.286. The summed E-state index contributed by atoms with van der Waals surface area (Å²) in [6, 6.07) is 3.27. The van der Waals surface area contributed by atoms with E-state index in [-0.39, 0.29) is 11.0 Å². The van der Waals surface area contributed by atoms with E-state index in [1.54, 1.807) is 20.1 Å². The molecule has 1 heterocycles. The molecule has 0 atom stereocenters. The van der Waals surface area contributed by atoms with Crippen LogP contribution in [0, 0.1) is 6.92 Å². The molecule has 0 amide bonds. The van der Waals surface area contributed by atoms with Crippen molar-refractivity contribution in [3.63, 3.8) is 0 Å². The lowest BCUT2D eigenvalue weighted by Crippen LogP contribution is -2.40. The van der Waals surface area contributed by atoms with E-state index in [9.17, 15) is 8.42 Å². The lowest BCUT2D eigenvalue weighted by atomic mass is 10.1. The van der Waals surface area contributed by atoms with Gasteiger partial charge in [-0.2, -0.15) is 4.31 Å². The Morgan fingerprint density at radius 1 is 1.35 bits per heavy atom. The van der Waals surface area contributed by atoms with Crippen molar-refractivity contribution in [3.8, 4) is 0 Å². The molecule has 1 fully saturated rings. The highest BCUT2D eigenvalue weighted by Gasteiger charge is 2.30. The summed E-state index contributed by atoms with van der Waals surface area (Å²) in [5.41, 5.74) is 6.94. The first-order valence-electron chi connectivity index (χ1n) is 6.45. The number of anilines is 1. The molecule has 1 saturated heterocycles. The van der Waals surface area contributed by atoms with E-state index < -0.39 is 10.0 Å². The monoisotopic (exact) mass is 362 g/mol. The van der Waals surface area contributed by atoms with Gasteiger partial charge in [-0.25, -0.2) is 8.42 Å². The molecule has 0 spiro atoms. The Morgan fingerprint density at radius 2 is 1.95 bits per heavy atom. The second-order valence-corrected chi connectivity index (χ2v) is 7.74. The Kier molecular flexibility index (Phi) is 4.73. The molecular weight excluding hydrogens is 344 g/mol. The molecule has 5 nitrogen and oxygen atoms in total. The van der Waals surface area contributed by atoms with Crippen LogP contribution < -0.4 is 5.73 Å². The number of nitrogen functional groups attached to an aromatic ring is 1. The van der Waals surface area contributed by atoms with Gasteiger partial charge in [-0.05, 0) is 53.4 Å². The van der Waals surface area contributed by atoms with E-state index in [0.29, 0.717) is 28.8 Å². The number of ether oxygens (including phenoxy) is 1. The fourth-order valence-corrected chi connectivity index (χ4v) is 4.56. The molecule has 0 radical (unpaired) electrons. The number of methoxy groups -OCH3 is 1. The van der Waals surface area contributed by atoms with Crippen LogP contribution >= 0.6 is 15.9 Å². The molecule has 1 aromatic carbocycles. The average Bonchev–Trinajstić information content (AvgIpc) is 2.42. The minimum Gasteiger partial charge on any atom is -0.398 e. The number of sulfonamides is 1. The molecule has 20 heavy (non-hydrogen) atoms. The number of rotatable bonds is 3. The number of nitrogens with two attached hydrogens (primary N) is 1. The molecule has 112 valence electrons. The van der Waals surface area contributed by atoms with Crippen molar-refractivity contribution in [2.24, 2.45) is 0 Å². The highest BCUT2D eigenvalue weighted by atomic mass is 79.9. The van der Waals surface area contributed by atoms with Crippen molar-refractivity contribution in [2.45, 2.75) is 30.8 Å². The number of benzene rings is 1. The van der Waals surface area contributed by atoms with Crippen LogP contribution in [0.2, 0.25) is 0 Å². The van der Waals surface area contributed by atoms with Crippen molar-refractivity contribution in [3.05, 3.63) is 22.2 Å². The maximum atomic E-state index is 12.7. The fraction of sp³-hybridized carbons (Fsp3) is 0.538. The van der Waals surface area contributed by atoms with Gasteiger partial charge in [0.25, 0.3) is 0 Å². The Balaban J connectivity index is 2.30. The van der Waals surface area contributed by atoms with Crippen LogP contribution in [0.5, 0.6) is 0 Å². The van der Waals surface area contributed by atoms with Gasteiger partial charge in [-0.15, -0.1) is 0 Å². The zero-order valence-corrected chi connectivity index (χ0v) is 14.0. The Labute approximate surface area is 128 Å². The third-order valence-electron chi connectivity index (χ3n) is 3.65. The minimum absolute atomic E-state index is 0.150. The average molecular weight is 363 g/mol. The topological polar surface area (TPSA) is 72.6 Å². The summed E-state index contributed by atoms with van der Waals surface area (Å²) < 4.78 is 32.9. The molecular formula is C13H19BrN2O3S. The minimum atomic E-state index is -3.49. The first kappa shape index (κ1) is 15.8. The van der Waals surface area contributed by atoms with Gasteiger partial charge in [0, 0.05) is 30.4 Å². The van der Waals surface area contributed by atoms with E-state index >= 15 is 0 Å². The molecule has 1 aromatic rings. The quantitative estimate of drug-likeness (QED) is 0.836. The van der Waals surface area contributed by atoms with E-state index in [1.165, 1.54) is 10.4 Å². The van der Waals surface area contributed by atoms with Crippen molar-refractivity contribution < 1.29 is 13.2 Å². The number of nitrogens with zero attached hydrogens (tertiary/aromatic N) is 1. The van der Waals surface area contributed by atoms with Crippen LogP contribution in [0.15, 0.2) is 21.5 Å². The van der Waals surface area contributed by atoms with Crippen LogP contribution in [0.1, 0.15) is 18.4 Å². The lowest BCUT2D eigenvalue weighted by molar-refractivity contribution is 0.0604. The number of hydrogen-bond donors (Lipinski definition) is 1. The highest BCUT2D eigenvalue weighted by molar-refractivity contribution is 9.10. The third kappa shape index (κ3) is 3.00. The molecule has 0 aromatic heterocycles. The molecule has 0 saturated carbocycles. The Bertz CT molecular complexity index is 596. The SMILES string of the molecule is COC1CCN(S(=O)(=O)c2cc(N)c(Br)cc2C)CC1. The summed E-state index contributed by atoms with van der Waals surface area (Å²) in [5, 5.41) is 0. The van der Waals surface area contributed by atoms with E-state index in [0.717, 1.165) is 12.8 Å². The normalized spacial score (nSPS) is 18.4.